The van der Waals surface area contributed by atoms with Crippen molar-refractivity contribution in [1.29, 1.82) is 0 Å². The quantitative estimate of drug-likeness (QED) is 0.625. The summed E-state index contributed by atoms with van der Waals surface area (Å²) in [7, 11) is 0. The highest BCUT2D eigenvalue weighted by Gasteiger charge is 2.36. The van der Waals surface area contributed by atoms with Crippen LogP contribution in [0.4, 0.5) is 4.79 Å². The third kappa shape index (κ3) is 3.62. The molecule has 4 rings (SSSR count). The zero-order valence-electron chi connectivity index (χ0n) is 13.5. The van der Waals surface area contributed by atoms with E-state index in [0.29, 0.717) is 32.7 Å². The molecule has 2 aromatic heterocycles. The van der Waals surface area contributed by atoms with Gasteiger partial charge < -0.3 is 14.5 Å². The number of rotatable bonds is 5. The van der Waals surface area contributed by atoms with Crippen molar-refractivity contribution in [2.45, 2.75) is 10.2 Å². The summed E-state index contributed by atoms with van der Waals surface area (Å²) in [6.07, 6.45) is 1.43. The standard InChI is InChI=1S/C17H11N3O5S2/c21-13(22)8-20-15(23)12(26-17(20)24)7-9-5-6-14(25-9)27-16-18-10-3-1-2-4-11(10)19-16/h1-7H,8H2,(H,18,19)(H,21,22)/b12-7+. The van der Waals surface area contributed by atoms with E-state index in [1.807, 2.05) is 24.3 Å². The average molecular weight is 401 g/mol. The SMILES string of the molecule is O=C(O)CN1C(=O)S/C(=C/c2ccc(Sc3nc4ccccc4[nH]3)o2)C1=O. The van der Waals surface area contributed by atoms with Crippen molar-refractivity contribution in [3.8, 4) is 0 Å². The molecule has 2 N–H and O–H groups in total. The summed E-state index contributed by atoms with van der Waals surface area (Å²) in [5, 5.41) is 9.39. The number of fused-ring (bicyclic) bond motifs is 1. The second kappa shape index (κ2) is 6.97. The number of hydrogen-bond acceptors (Lipinski definition) is 7. The molecule has 1 aromatic carbocycles. The van der Waals surface area contributed by atoms with Crippen LogP contribution in [-0.4, -0.2) is 43.6 Å². The van der Waals surface area contributed by atoms with Gasteiger partial charge in [0.15, 0.2) is 10.2 Å². The number of carboxylic acid groups (broad SMARTS) is 1. The molecule has 0 bridgehead atoms. The van der Waals surface area contributed by atoms with Crippen LogP contribution in [0.3, 0.4) is 0 Å². The maximum Gasteiger partial charge on any atom is 0.323 e. The number of carbonyl (C=O) groups is 3. The molecule has 8 nitrogen and oxygen atoms in total. The van der Waals surface area contributed by atoms with E-state index >= 15 is 0 Å². The maximum atomic E-state index is 12.1. The highest BCUT2D eigenvalue weighted by atomic mass is 32.2. The van der Waals surface area contributed by atoms with E-state index in [-0.39, 0.29) is 4.91 Å². The Balaban J connectivity index is 1.51. The van der Waals surface area contributed by atoms with Crippen molar-refractivity contribution in [3.63, 3.8) is 0 Å². The Morgan fingerprint density at radius 1 is 1.30 bits per heavy atom. The number of aromatic nitrogens is 2. The van der Waals surface area contributed by atoms with Gasteiger partial charge in [-0.1, -0.05) is 12.1 Å². The van der Waals surface area contributed by atoms with Gasteiger partial charge in [0.25, 0.3) is 11.1 Å². The number of imide groups is 1. The second-order valence-corrected chi connectivity index (χ2v) is 7.47. The van der Waals surface area contributed by atoms with Gasteiger partial charge in [0.1, 0.15) is 12.3 Å². The number of H-pyrrole nitrogens is 1. The van der Waals surface area contributed by atoms with Crippen molar-refractivity contribution in [2.75, 3.05) is 6.54 Å². The van der Waals surface area contributed by atoms with Crippen LogP contribution in [0.25, 0.3) is 17.1 Å². The van der Waals surface area contributed by atoms with E-state index in [4.69, 9.17) is 9.52 Å². The first-order chi connectivity index (χ1) is 13.0. The van der Waals surface area contributed by atoms with E-state index in [9.17, 15) is 14.4 Å². The summed E-state index contributed by atoms with van der Waals surface area (Å²) in [6.45, 7) is -0.659. The number of thioether (sulfide) groups is 1. The number of amides is 2. The average Bonchev–Trinajstić information content (AvgIpc) is 3.30. The minimum absolute atomic E-state index is 0.121. The molecule has 0 aliphatic carbocycles. The fourth-order valence-corrected chi connectivity index (χ4v) is 4.03. The number of aromatic amines is 1. The summed E-state index contributed by atoms with van der Waals surface area (Å²) in [5.41, 5.74) is 1.76. The molecular weight excluding hydrogens is 390 g/mol. The number of benzene rings is 1. The lowest BCUT2D eigenvalue weighted by Crippen LogP contribution is -2.33. The van der Waals surface area contributed by atoms with Crippen LogP contribution in [-0.2, 0) is 9.59 Å². The van der Waals surface area contributed by atoms with Crippen molar-refractivity contribution in [1.82, 2.24) is 14.9 Å². The summed E-state index contributed by atoms with van der Waals surface area (Å²) in [4.78, 5) is 43.1. The predicted molar refractivity (Wildman–Crippen MR) is 99.2 cm³/mol. The van der Waals surface area contributed by atoms with E-state index < -0.39 is 23.7 Å². The molecule has 1 aliphatic heterocycles. The molecule has 3 heterocycles. The molecule has 0 unspecified atom stereocenters. The number of para-hydroxylation sites is 2. The van der Waals surface area contributed by atoms with Gasteiger partial charge >= 0.3 is 5.97 Å². The Labute approximate surface area is 160 Å². The van der Waals surface area contributed by atoms with E-state index in [1.165, 1.54) is 17.8 Å². The normalized spacial score (nSPS) is 16.0. The predicted octanol–water partition coefficient (Wildman–Crippen LogP) is 3.43. The van der Waals surface area contributed by atoms with Crippen LogP contribution in [0.15, 0.2) is 56.0 Å². The number of nitrogens with zero attached hydrogens (tertiary/aromatic N) is 2. The highest BCUT2D eigenvalue weighted by molar-refractivity contribution is 8.18. The Hall–Kier alpha value is -2.98. The monoisotopic (exact) mass is 401 g/mol. The van der Waals surface area contributed by atoms with Gasteiger partial charge in [0, 0.05) is 6.08 Å². The van der Waals surface area contributed by atoms with Gasteiger partial charge in [0.2, 0.25) is 0 Å². The molecule has 1 saturated heterocycles. The molecular formula is C17H11N3O5S2. The first-order valence-electron chi connectivity index (χ1n) is 7.69. The van der Waals surface area contributed by atoms with Gasteiger partial charge in [-0.15, -0.1) is 0 Å². The van der Waals surface area contributed by atoms with Crippen molar-refractivity contribution in [2.24, 2.45) is 0 Å². The minimum atomic E-state index is -1.25. The topological polar surface area (TPSA) is 116 Å². The largest absolute Gasteiger partial charge is 0.480 e. The van der Waals surface area contributed by atoms with Crippen LogP contribution in [0.5, 0.6) is 0 Å². The van der Waals surface area contributed by atoms with Crippen molar-refractivity contribution >= 4 is 57.7 Å². The number of nitrogens with one attached hydrogen (secondary N) is 1. The lowest BCUT2D eigenvalue weighted by molar-refractivity contribution is -0.140. The van der Waals surface area contributed by atoms with Crippen LogP contribution in [0, 0.1) is 0 Å². The molecule has 0 atom stereocenters. The fraction of sp³-hybridized carbons (Fsp3) is 0.0588. The number of aliphatic carboxylic acids is 1. The molecule has 136 valence electrons. The minimum Gasteiger partial charge on any atom is -0.480 e. The first-order valence-corrected chi connectivity index (χ1v) is 9.32. The fourth-order valence-electron chi connectivity index (χ4n) is 2.44. The maximum absolute atomic E-state index is 12.1. The number of imidazole rings is 1. The van der Waals surface area contributed by atoms with Gasteiger partial charge in [-0.3, -0.25) is 19.3 Å². The molecule has 1 fully saturated rings. The molecule has 0 spiro atoms. The van der Waals surface area contributed by atoms with Gasteiger partial charge in [-0.2, -0.15) is 0 Å². The summed E-state index contributed by atoms with van der Waals surface area (Å²) in [6, 6.07) is 11.0. The van der Waals surface area contributed by atoms with Crippen LogP contribution in [0.1, 0.15) is 5.76 Å². The van der Waals surface area contributed by atoms with E-state index in [1.54, 1.807) is 12.1 Å². The molecule has 0 saturated carbocycles. The molecule has 27 heavy (non-hydrogen) atoms. The van der Waals surface area contributed by atoms with E-state index in [0.717, 1.165) is 11.0 Å². The van der Waals surface area contributed by atoms with Crippen LogP contribution in [0.2, 0.25) is 0 Å². The molecule has 0 radical (unpaired) electrons. The molecule has 3 aromatic rings. The van der Waals surface area contributed by atoms with Gasteiger partial charge in [-0.05, 0) is 47.8 Å². The molecule has 10 heteroatoms. The zero-order chi connectivity index (χ0) is 19.0. The van der Waals surface area contributed by atoms with Gasteiger partial charge in [-0.25, -0.2) is 4.98 Å². The Bertz CT molecular complexity index is 1070. The lowest BCUT2D eigenvalue weighted by Gasteiger charge is -2.07. The number of furan rings is 1. The second-order valence-electron chi connectivity index (χ2n) is 5.48. The van der Waals surface area contributed by atoms with Crippen LogP contribution >= 0.6 is 23.5 Å². The highest BCUT2D eigenvalue weighted by Crippen LogP contribution is 2.34. The third-order valence-electron chi connectivity index (χ3n) is 3.61. The summed E-state index contributed by atoms with van der Waals surface area (Å²) >= 11 is 1.98. The summed E-state index contributed by atoms with van der Waals surface area (Å²) < 4.78 is 5.66. The number of carbonyl (C=O) groups excluding carboxylic acids is 2. The first kappa shape index (κ1) is 17.4. The Kier molecular flexibility index (Phi) is 4.50. The zero-order valence-corrected chi connectivity index (χ0v) is 15.2. The van der Waals surface area contributed by atoms with E-state index in [2.05, 4.69) is 9.97 Å². The third-order valence-corrected chi connectivity index (χ3v) is 5.32. The summed E-state index contributed by atoms with van der Waals surface area (Å²) in [5.74, 6) is -1.51. The molecule has 1 aliphatic rings. The Morgan fingerprint density at radius 3 is 2.89 bits per heavy atom. The lowest BCUT2D eigenvalue weighted by atomic mass is 10.3. The Morgan fingerprint density at radius 2 is 2.11 bits per heavy atom. The van der Waals surface area contributed by atoms with Crippen molar-refractivity contribution < 1.29 is 23.9 Å². The number of carboxylic acids is 1. The van der Waals surface area contributed by atoms with Gasteiger partial charge in [0.05, 0.1) is 15.9 Å². The number of hydrogen-bond donors (Lipinski definition) is 2. The molecule has 2 amide bonds. The van der Waals surface area contributed by atoms with Crippen molar-refractivity contribution in [3.05, 3.63) is 47.1 Å². The van der Waals surface area contributed by atoms with Crippen LogP contribution < -0.4 is 0 Å². The smallest absolute Gasteiger partial charge is 0.323 e.